The minimum Gasteiger partial charge on any atom is -0.308 e. The predicted molar refractivity (Wildman–Crippen MR) is 58.4 cm³/mol. The van der Waals surface area contributed by atoms with Gasteiger partial charge >= 0.3 is 0 Å². The number of benzene rings is 1. The van der Waals surface area contributed by atoms with E-state index in [1.54, 1.807) is 12.1 Å². The molecule has 0 unspecified atom stereocenters. The molecule has 1 fully saturated rings. The van der Waals surface area contributed by atoms with Crippen molar-refractivity contribution < 1.29 is 4.39 Å². The van der Waals surface area contributed by atoms with Crippen molar-refractivity contribution in [3.05, 3.63) is 35.9 Å². The molecule has 0 amide bonds. The highest BCUT2D eigenvalue weighted by Gasteiger charge is 2.28. The molecule has 0 bridgehead atoms. The maximum Gasteiger partial charge on any atom is 0.164 e. The van der Waals surface area contributed by atoms with Crippen LogP contribution in [-0.2, 0) is 0 Å². The van der Waals surface area contributed by atoms with Gasteiger partial charge in [0.05, 0.1) is 0 Å². The smallest absolute Gasteiger partial charge is 0.164 e. The highest BCUT2D eigenvalue weighted by molar-refractivity contribution is 5.55. The van der Waals surface area contributed by atoms with E-state index in [0.29, 0.717) is 6.04 Å². The molecule has 0 radical (unpaired) electrons. The zero-order valence-corrected chi connectivity index (χ0v) is 9.02. The molecule has 4 heteroatoms. The highest BCUT2D eigenvalue weighted by Crippen LogP contribution is 2.38. The van der Waals surface area contributed by atoms with Crippen molar-refractivity contribution in [2.75, 3.05) is 0 Å². The quantitative estimate of drug-likeness (QED) is 0.774. The highest BCUT2D eigenvalue weighted by atomic mass is 19.1. The van der Waals surface area contributed by atoms with Crippen LogP contribution in [-0.4, -0.2) is 14.8 Å². The predicted octanol–water partition coefficient (Wildman–Crippen LogP) is 2.73. The lowest BCUT2D eigenvalue weighted by molar-refractivity contribution is 0.628. The third kappa shape index (κ3) is 1.50. The van der Waals surface area contributed by atoms with E-state index in [2.05, 4.69) is 14.8 Å². The van der Waals surface area contributed by atoms with E-state index in [4.69, 9.17) is 0 Å². The summed E-state index contributed by atoms with van der Waals surface area (Å²) in [4.78, 5) is 0. The first-order valence-electron chi connectivity index (χ1n) is 5.43. The van der Waals surface area contributed by atoms with E-state index in [9.17, 15) is 4.39 Å². The molecule has 1 heterocycles. The molecule has 3 rings (SSSR count). The summed E-state index contributed by atoms with van der Waals surface area (Å²) in [6.45, 7) is 1.96. The number of halogens is 1. The van der Waals surface area contributed by atoms with Crippen LogP contribution in [0.5, 0.6) is 0 Å². The molecule has 16 heavy (non-hydrogen) atoms. The first-order chi connectivity index (χ1) is 7.75. The third-order valence-corrected chi connectivity index (χ3v) is 2.88. The molecule has 0 atom stereocenters. The molecule has 1 aliphatic carbocycles. The molecule has 1 aromatic heterocycles. The fourth-order valence-electron chi connectivity index (χ4n) is 1.94. The van der Waals surface area contributed by atoms with Crippen LogP contribution in [0.3, 0.4) is 0 Å². The summed E-state index contributed by atoms with van der Waals surface area (Å²) in [7, 11) is 0. The summed E-state index contributed by atoms with van der Waals surface area (Å²) in [5.41, 5.74) is 0.925. The molecule has 0 N–H and O–H groups in total. The van der Waals surface area contributed by atoms with Gasteiger partial charge in [0.25, 0.3) is 0 Å². The second-order valence-electron chi connectivity index (χ2n) is 4.18. The van der Waals surface area contributed by atoms with Crippen LogP contribution in [0.4, 0.5) is 4.39 Å². The molecule has 82 valence electrons. The molecule has 0 spiro atoms. The summed E-state index contributed by atoms with van der Waals surface area (Å²) >= 11 is 0. The SMILES string of the molecule is Cc1nnc(-c2ccc(F)cc2)n1C1CC1. The van der Waals surface area contributed by atoms with Gasteiger partial charge in [-0.1, -0.05) is 0 Å². The Kier molecular flexibility index (Phi) is 2.02. The topological polar surface area (TPSA) is 30.7 Å². The average molecular weight is 217 g/mol. The van der Waals surface area contributed by atoms with Crippen LogP contribution in [0.2, 0.25) is 0 Å². The number of rotatable bonds is 2. The minimum absolute atomic E-state index is 0.224. The summed E-state index contributed by atoms with van der Waals surface area (Å²) in [5, 5.41) is 8.26. The first-order valence-corrected chi connectivity index (χ1v) is 5.43. The van der Waals surface area contributed by atoms with Crippen molar-refractivity contribution in [2.45, 2.75) is 25.8 Å². The lowest BCUT2D eigenvalue weighted by atomic mass is 10.2. The molecular weight excluding hydrogens is 205 g/mol. The Bertz CT molecular complexity index is 512. The molecule has 2 aromatic rings. The molecule has 1 aromatic carbocycles. The fourth-order valence-corrected chi connectivity index (χ4v) is 1.94. The van der Waals surface area contributed by atoms with E-state index in [1.165, 1.54) is 25.0 Å². The number of hydrogen-bond donors (Lipinski definition) is 0. The lowest BCUT2D eigenvalue weighted by Gasteiger charge is -2.06. The molecule has 3 nitrogen and oxygen atoms in total. The van der Waals surface area contributed by atoms with Crippen LogP contribution < -0.4 is 0 Å². The van der Waals surface area contributed by atoms with E-state index >= 15 is 0 Å². The number of aryl methyl sites for hydroxylation is 1. The van der Waals surface area contributed by atoms with E-state index in [1.807, 2.05) is 6.92 Å². The van der Waals surface area contributed by atoms with E-state index in [0.717, 1.165) is 17.2 Å². The summed E-state index contributed by atoms with van der Waals surface area (Å²) in [5.74, 6) is 1.56. The first kappa shape index (κ1) is 9.51. The number of aromatic nitrogens is 3. The van der Waals surface area contributed by atoms with Crippen LogP contribution in [0.15, 0.2) is 24.3 Å². The van der Waals surface area contributed by atoms with Crippen molar-refractivity contribution >= 4 is 0 Å². The molecule has 1 saturated carbocycles. The number of nitrogens with zero attached hydrogens (tertiary/aromatic N) is 3. The zero-order valence-electron chi connectivity index (χ0n) is 9.02. The Morgan fingerprint density at radius 2 is 1.88 bits per heavy atom. The van der Waals surface area contributed by atoms with Crippen molar-refractivity contribution in [1.29, 1.82) is 0 Å². The Morgan fingerprint density at radius 1 is 1.19 bits per heavy atom. The van der Waals surface area contributed by atoms with Gasteiger partial charge in [-0.25, -0.2) is 4.39 Å². The summed E-state index contributed by atoms with van der Waals surface area (Å²) in [6, 6.07) is 6.94. The van der Waals surface area contributed by atoms with Crippen molar-refractivity contribution in [2.24, 2.45) is 0 Å². The normalized spacial score (nSPS) is 15.4. The van der Waals surface area contributed by atoms with Gasteiger partial charge < -0.3 is 4.57 Å². The van der Waals surface area contributed by atoms with E-state index < -0.39 is 0 Å². The van der Waals surface area contributed by atoms with Crippen LogP contribution in [0.25, 0.3) is 11.4 Å². The van der Waals surface area contributed by atoms with Crippen molar-refractivity contribution in [3.63, 3.8) is 0 Å². The van der Waals surface area contributed by atoms with Gasteiger partial charge in [0, 0.05) is 11.6 Å². The standard InChI is InChI=1S/C12H12FN3/c1-8-14-15-12(16(8)11-6-7-11)9-2-4-10(13)5-3-9/h2-5,11H,6-7H2,1H3. The van der Waals surface area contributed by atoms with Gasteiger partial charge in [-0.15, -0.1) is 10.2 Å². The summed E-state index contributed by atoms with van der Waals surface area (Å²) < 4.78 is 15.0. The summed E-state index contributed by atoms with van der Waals surface area (Å²) in [6.07, 6.45) is 2.38. The van der Waals surface area contributed by atoms with Crippen molar-refractivity contribution in [3.8, 4) is 11.4 Å². The van der Waals surface area contributed by atoms with E-state index in [-0.39, 0.29) is 5.82 Å². The van der Waals surface area contributed by atoms with Crippen LogP contribution >= 0.6 is 0 Å². The van der Waals surface area contributed by atoms with Gasteiger partial charge in [-0.3, -0.25) is 0 Å². The Hall–Kier alpha value is -1.71. The molecule has 0 aliphatic heterocycles. The zero-order chi connectivity index (χ0) is 11.1. The fraction of sp³-hybridized carbons (Fsp3) is 0.333. The maximum atomic E-state index is 12.8. The Morgan fingerprint density at radius 3 is 2.50 bits per heavy atom. The molecule has 0 saturated heterocycles. The van der Waals surface area contributed by atoms with Crippen molar-refractivity contribution in [1.82, 2.24) is 14.8 Å². The van der Waals surface area contributed by atoms with Gasteiger partial charge in [0.1, 0.15) is 11.6 Å². The maximum absolute atomic E-state index is 12.8. The van der Waals surface area contributed by atoms with Gasteiger partial charge in [0.15, 0.2) is 5.82 Å². The molecule has 1 aliphatic rings. The molecular formula is C12H12FN3. The van der Waals surface area contributed by atoms with Gasteiger partial charge in [-0.05, 0) is 44.0 Å². The lowest BCUT2D eigenvalue weighted by Crippen LogP contribution is -1.99. The second kappa shape index (κ2) is 3.40. The Labute approximate surface area is 92.9 Å². The second-order valence-corrected chi connectivity index (χ2v) is 4.18. The van der Waals surface area contributed by atoms with Gasteiger partial charge in [0.2, 0.25) is 0 Å². The monoisotopic (exact) mass is 217 g/mol. The largest absolute Gasteiger partial charge is 0.308 e. The Balaban J connectivity index is 2.08. The third-order valence-electron chi connectivity index (χ3n) is 2.88. The average Bonchev–Trinajstić information content (AvgIpc) is 3.04. The van der Waals surface area contributed by atoms with Gasteiger partial charge in [-0.2, -0.15) is 0 Å². The van der Waals surface area contributed by atoms with Crippen LogP contribution in [0, 0.1) is 12.7 Å². The minimum atomic E-state index is -0.224. The van der Waals surface area contributed by atoms with Crippen LogP contribution in [0.1, 0.15) is 24.7 Å². The number of hydrogen-bond acceptors (Lipinski definition) is 2.